The Bertz CT molecular complexity index is 1560. The Morgan fingerprint density at radius 1 is 1.09 bits per heavy atom. The molecule has 174 valence electrons. The number of aliphatic carboxylic acids is 1. The molecule has 0 spiro atoms. The number of hydrogen-bond donors (Lipinski definition) is 3. The maximum atomic E-state index is 13.8. The summed E-state index contributed by atoms with van der Waals surface area (Å²) in [4.78, 5) is 23.1. The van der Waals surface area contributed by atoms with E-state index < -0.39 is 11.8 Å². The third-order valence-electron chi connectivity index (χ3n) is 5.75. The molecule has 0 bridgehead atoms. The zero-order chi connectivity index (χ0) is 24.5. The van der Waals surface area contributed by atoms with Crippen molar-refractivity contribution >= 4 is 28.3 Å². The molecule has 0 fully saturated rings. The molecule has 8 heteroatoms. The van der Waals surface area contributed by atoms with Crippen molar-refractivity contribution < 1.29 is 19.4 Å². The summed E-state index contributed by atoms with van der Waals surface area (Å²) in [5.41, 5.74) is 4.23. The molecule has 0 aliphatic rings. The van der Waals surface area contributed by atoms with Crippen LogP contribution in [-0.2, 0) is 18.3 Å². The van der Waals surface area contributed by atoms with E-state index in [2.05, 4.69) is 9.97 Å². The van der Waals surface area contributed by atoms with E-state index in [0.29, 0.717) is 39.0 Å². The van der Waals surface area contributed by atoms with E-state index in [1.807, 2.05) is 42.1 Å². The molecule has 5 aromatic rings. The number of carboxylic acid groups (broad SMARTS) is 1. The largest absolute Gasteiger partial charge is 0.494 e. The highest BCUT2D eigenvalue weighted by Gasteiger charge is 2.19. The average molecular weight is 468 g/mol. The normalized spacial score (nSPS) is 11.8. The van der Waals surface area contributed by atoms with Gasteiger partial charge in [-0.3, -0.25) is 4.79 Å². The highest BCUT2D eigenvalue weighted by Crippen LogP contribution is 2.32. The fraction of sp³-hybridized carbons (Fsp3) is 0.0741. The van der Waals surface area contributed by atoms with Crippen LogP contribution in [0.2, 0.25) is 0 Å². The van der Waals surface area contributed by atoms with E-state index in [-0.39, 0.29) is 12.3 Å². The van der Waals surface area contributed by atoms with Crippen LogP contribution in [-0.4, -0.2) is 36.4 Å². The number of carbonyl (C=O) groups is 1. The first-order valence-corrected chi connectivity index (χ1v) is 10.9. The van der Waals surface area contributed by atoms with Crippen molar-refractivity contribution in [1.82, 2.24) is 14.5 Å². The molecule has 0 aliphatic heterocycles. The summed E-state index contributed by atoms with van der Waals surface area (Å²) < 4.78 is 15.7. The Morgan fingerprint density at radius 3 is 2.49 bits per heavy atom. The first-order valence-electron chi connectivity index (χ1n) is 10.9. The minimum absolute atomic E-state index is 0.0982. The van der Waals surface area contributed by atoms with Gasteiger partial charge in [-0.1, -0.05) is 24.3 Å². The molecular formula is C27H21FN4O3. The van der Waals surface area contributed by atoms with Crippen LogP contribution in [0.15, 0.2) is 84.1 Å². The van der Waals surface area contributed by atoms with Gasteiger partial charge in [0.05, 0.1) is 28.9 Å². The summed E-state index contributed by atoms with van der Waals surface area (Å²) in [6.07, 6.45) is 3.51. The topological polar surface area (TPSA) is 104 Å². The number of hydrogen-bond acceptors (Lipinski definition) is 4. The van der Waals surface area contributed by atoms with Crippen LogP contribution in [0, 0.1) is 5.82 Å². The molecule has 3 N–H and O–H groups in total. The molecule has 2 heterocycles. The van der Waals surface area contributed by atoms with Crippen LogP contribution in [0.4, 0.5) is 10.1 Å². The fourth-order valence-electron chi connectivity index (χ4n) is 4.07. The van der Waals surface area contributed by atoms with Crippen LogP contribution in [0.1, 0.15) is 16.7 Å². The Hall–Kier alpha value is -4.72. The third kappa shape index (κ3) is 4.41. The lowest BCUT2D eigenvalue weighted by Crippen LogP contribution is -2.05. The molecule has 0 saturated carbocycles. The van der Waals surface area contributed by atoms with E-state index in [1.54, 1.807) is 36.5 Å². The SMILES string of the molecule is Cn1ccnc1-c1ccc(N=C(c2ccc(CC(=O)O)cc2)c2c(O)[nH]c3cc(F)ccc23)cc1. The lowest BCUT2D eigenvalue weighted by molar-refractivity contribution is -0.136. The maximum Gasteiger partial charge on any atom is 0.307 e. The number of aryl methyl sites for hydroxylation is 1. The first-order chi connectivity index (χ1) is 16.9. The van der Waals surface area contributed by atoms with Crippen LogP contribution in [0.3, 0.4) is 0 Å². The van der Waals surface area contributed by atoms with E-state index in [4.69, 9.17) is 10.1 Å². The summed E-state index contributed by atoms with van der Waals surface area (Å²) in [5, 5.41) is 20.5. The molecule has 0 amide bonds. The molecule has 2 aromatic heterocycles. The molecule has 5 rings (SSSR count). The zero-order valence-corrected chi connectivity index (χ0v) is 18.7. The van der Waals surface area contributed by atoms with Gasteiger partial charge in [0.15, 0.2) is 5.88 Å². The summed E-state index contributed by atoms with van der Waals surface area (Å²) in [5.74, 6) is -0.655. The second kappa shape index (κ2) is 8.90. The fourth-order valence-corrected chi connectivity index (χ4v) is 4.07. The standard InChI is InChI=1S/C27H21FN4O3/c1-32-13-12-29-26(32)18-6-9-20(10-7-18)30-25(17-4-2-16(3-5-17)14-23(33)34)24-21-11-8-19(28)15-22(21)31-27(24)35/h2-13,15,31,35H,14H2,1H3,(H,33,34). The van der Waals surface area contributed by atoms with Crippen LogP contribution in [0.25, 0.3) is 22.3 Å². The smallest absolute Gasteiger partial charge is 0.307 e. The van der Waals surface area contributed by atoms with Gasteiger partial charge in [0.2, 0.25) is 0 Å². The van der Waals surface area contributed by atoms with Gasteiger partial charge in [-0.2, -0.15) is 0 Å². The number of aromatic hydroxyl groups is 1. The van der Waals surface area contributed by atoms with Gasteiger partial charge < -0.3 is 19.8 Å². The number of aromatic nitrogens is 3. The number of rotatable bonds is 6. The number of fused-ring (bicyclic) bond motifs is 1. The molecule has 0 saturated heterocycles. The predicted molar refractivity (Wildman–Crippen MR) is 132 cm³/mol. The van der Waals surface area contributed by atoms with Crippen LogP contribution < -0.4 is 0 Å². The van der Waals surface area contributed by atoms with E-state index in [9.17, 15) is 14.3 Å². The minimum atomic E-state index is -0.921. The number of nitrogens with one attached hydrogen (secondary N) is 1. The van der Waals surface area contributed by atoms with E-state index in [1.165, 1.54) is 12.1 Å². The highest BCUT2D eigenvalue weighted by molar-refractivity contribution is 6.21. The van der Waals surface area contributed by atoms with Gasteiger partial charge in [-0.25, -0.2) is 14.4 Å². The lowest BCUT2D eigenvalue weighted by Gasteiger charge is -2.09. The number of carboxylic acids is 1. The molecular weight excluding hydrogens is 447 g/mol. The number of aliphatic imine (C=N–C) groups is 1. The molecule has 3 aromatic carbocycles. The quantitative estimate of drug-likeness (QED) is 0.298. The van der Waals surface area contributed by atoms with Gasteiger partial charge in [-0.05, 0) is 48.0 Å². The van der Waals surface area contributed by atoms with Crippen molar-refractivity contribution in [3.05, 3.63) is 102 Å². The van der Waals surface area contributed by atoms with Crippen molar-refractivity contribution in [3.8, 4) is 17.3 Å². The monoisotopic (exact) mass is 468 g/mol. The van der Waals surface area contributed by atoms with Gasteiger partial charge in [0, 0.05) is 36.0 Å². The minimum Gasteiger partial charge on any atom is -0.494 e. The Balaban J connectivity index is 1.63. The summed E-state index contributed by atoms with van der Waals surface area (Å²) >= 11 is 0. The number of H-pyrrole nitrogens is 1. The average Bonchev–Trinajstić information content (AvgIpc) is 3.40. The van der Waals surface area contributed by atoms with E-state index >= 15 is 0 Å². The lowest BCUT2D eigenvalue weighted by atomic mass is 9.99. The maximum absolute atomic E-state index is 13.8. The predicted octanol–water partition coefficient (Wildman–Crippen LogP) is 5.21. The molecule has 0 radical (unpaired) electrons. The van der Waals surface area contributed by atoms with Crippen molar-refractivity contribution in [2.45, 2.75) is 6.42 Å². The second-order valence-corrected chi connectivity index (χ2v) is 8.17. The van der Waals surface area contributed by atoms with Gasteiger partial charge >= 0.3 is 5.97 Å². The first kappa shape index (κ1) is 22.1. The van der Waals surface area contributed by atoms with Gasteiger partial charge in [0.25, 0.3) is 0 Å². The molecule has 0 unspecified atom stereocenters. The van der Waals surface area contributed by atoms with Gasteiger partial charge in [-0.15, -0.1) is 0 Å². The molecule has 0 aliphatic carbocycles. The Morgan fingerprint density at radius 2 is 1.83 bits per heavy atom. The van der Waals surface area contributed by atoms with Crippen LogP contribution in [0.5, 0.6) is 5.88 Å². The number of aromatic amines is 1. The molecule has 0 atom stereocenters. The third-order valence-corrected chi connectivity index (χ3v) is 5.75. The van der Waals surface area contributed by atoms with Crippen molar-refractivity contribution in [3.63, 3.8) is 0 Å². The highest BCUT2D eigenvalue weighted by atomic mass is 19.1. The van der Waals surface area contributed by atoms with Gasteiger partial charge in [0.1, 0.15) is 11.6 Å². The van der Waals surface area contributed by atoms with Crippen molar-refractivity contribution in [2.24, 2.45) is 12.0 Å². The summed E-state index contributed by atoms with van der Waals surface area (Å²) in [6.45, 7) is 0. The summed E-state index contributed by atoms with van der Waals surface area (Å²) in [7, 11) is 1.92. The van der Waals surface area contributed by atoms with E-state index in [0.717, 1.165) is 11.4 Å². The Labute approximate surface area is 199 Å². The number of benzene rings is 3. The zero-order valence-electron chi connectivity index (χ0n) is 18.7. The number of imidazole rings is 1. The number of nitrogens with zero attached hydrogens (tertiary/aromatic N) is 3. The second-order valence-electron chi connectivity index (χ2n) is 8.17. The molecule has 35 heavy (non-hydrogen) atoms. The summed E-state index contributed by atoms with van der Waals surface area (Å²) in [6, 6.07) is 18.7. The molecule has 7 nitrogen and oxygen atoms in total. The number of halogens is 1. The van der Waals surface area contributed by atoms with Crippen LogP contribution >= 0.6 is 0 Å². The van der Waals surface area contributed by atoms with Crippen molar-refractivity contribution in [1.29, 1.82) is 0 Å². The van der Waals surface area contributed by atoms with Crippen molar-refractivity contribution in [2.75, 3.05) is 0 Å². The Kier molecular flexibility index (Phi) is 5.62.